The maximum absolute atomic E-state index is 11.9. The minimum absolute atomic E-state index is 0.416. The van der Waals surface area contributed by atoms with Gasteiger partial charge in [-0.05, 0) is 37.1 Å². The van der Waals surface area contributed by atoms with Crippen LogP contribution in [0.4, 0.5) is 0 Å². The number of aryl methyl sites for hydroxylation is 1. The Hall–Kier alpha value is -3.51. The van der Waals surface area contributed by atoms with Crippen LogP contribution in [0.25, 0.3) is 5.57 Å². The van der Waals surface area contributed by atoms with Crippen LogP contribution in [0.2, 0.25) is 0 Å². The van der Waals surface area contributed by atoms with Crippen LogP contribution < -0.4 is 0 Å². The van der Waals surface area contributed by atoms with Crippen LogP contribution in [0.5, 0.6) is 0 Å². The van der Waals surface area contributed by atoms with Gasteiger partial charge in [-0.15, -0.1) is 0 Å². The van der Waals surface area contributed by atoms with Crippen LogP contribution in [-0.4, -0.2) is 13.1 Å². The highest BCUT2D eigenvalue weighted by atomic mass is 16.5. The minimum Gasteiger partial charge on any atom is -0.465 e. The maximum atomic E-state index is 11.9. The molecule has 134 valence electrons. The van der Waals surface area contributed by atoms with Crippen LogP contribution in [0, 0.1) is 18.8 Å². The molecule has 3 aromatic rings. The summed E-state index contributed by atoms with van der Waals surface area (Å²) in [5.41, 5.74) is 3.24. The lowest BCUT2D eigenvalue weighted by atomic mass is 10.1. The van der Waals surface area contributed by atoms with E-state index < -0.39 is 5.97 Å². The number of carbonyl (C=O) groups excluding carboxylic acids is 1. The van der Waals surface area contributed by atoms with Crippen LogP contribution in [0.1, 0.15) is 33.0 Å². The first-order chi connectivity index (χ1) is 13.2. The number of furan rings is 1. The SMILES string of the molecule is COC(=O)c1cc(/C(C#Cc2ccccc2)=C/Cc2ccccc2)oc1C. The summed E-state index contributed by atoms with van der Waals surface area (Å²) >= 11 is 0. The molecular formula is C24H20O3. The van der Waals surface area contributed by atoms with Gasteiger partial charge in [0.2, 0.25) is 0 Å². The first kappa shape index (κ1) is 18.3. The Balaban J connectivity index is 1.97. The summed E-state index contributed by atoms with van der Waals surface area (Å²) < 4.78 is 10.6. The Bertz CT molecular complexity index is 1000. The number of hydrogen-bond acceptors (Lipinski definition) is 3. The lowest BCUT2D eigenvalue weighted by Crippen LogP contribution is -2.00. The Labute approximate surface area is 159 Å². The van der Waals surface area contributed by atoms with Crippen molar-refractivity contribution < 1.29 is 13.9 Å². The van der Waals surface area contributed by atoms with E-state index in [4.69, 9.17) is 9.15 Å². The van der Waals surface area contributed by atoms with Gasteiger partial charge in [0, 0.05) is 5.56 Å². The molecule has 0 saturated heterocycles. The zero-order chi connectivity index (χ0) is 19.1. The maximum Gasteiger partial charge on any atom is 0.341 e. The molecule has 0 unspecified atom stereocenters. The van der Waals surface area contributed by atoms with Gasteiger partial charge >= 0.3 is 5.97 Å². The molecule has 0 N–H and O–H groups in total. The quantitative estimate of drug-likeness (QED) is 0.485. The molecule has 0 radical (unpaired) electrons. The zero-order valence-electron chi connectivity index (χ0n) is 15.4. The van der Waals surface area contributed by atoms with Gasteiger partial charge in [-0.25, -0.2) is 4.79 Å². The lowest BCUT2D eigenvalue weighted by molar-refractivity contribution is 0.0599. The highest BCUT2D eigenvalue weighted by Gasteiger charge is 2.16. The topological polar surface area (TPSA) is 39.4 Å². The fourth-order valence-corrected chi connectivity index (χ4v) is 2.64. The van der Waals surface area contributed by atoms with Crippen molar-refractivity contribution in [3.05, 3.63) is 101 Å². The van der Waals surface area contributed by atoms with Crippen molar-refractivity contribution in [1.82, 2.24) is 0 Å². The number of benzene rings is 2. The average Bonchev–Trinajstić information content (AvgIpc) is 3.10. The van der Waals surface area contributed by atoms with E-state index in [2.05, 4.69) is 24.0 Å². The third-order valence-corrected chi connectivity index (χ3v) is 4.09. The molecule has 0 saturated carbocycles. The molecular weight excluding hydrogens is 336 g/mol. The van der Waals surface area contributed by atoms with Gasteiger partial charge in [-0.2, -0.15) is 0 Å². The van der Waals surface area contributed by atoms with E-state index in [1.807, 2.05) is 54.6 Å². The highest BCUT2D eigenvalue weighted by Crippen LogP contribution is 2.23. The first-order valence-corrected chi connectivity index (χ1v) is 8.67. The van der Waals surface area contributed by atoms with Gasteiger partial charge in [0.25, 0.3) is 0 Å². The second kappa shape index (κ2) is 8.73. The van der Waals surface area contributed by atoms with Crippen molar-refractivity contribution in [2.75, 3.05) is 7.11 Å². The molecule has 0 fully saturated rings. The molecule has 0 atom stereocenters. The van der Waals surface area contributed by atoms with E-state index in [-0.39, 0.29) is 0 Å². The number of rotatable bonds is 4. The van der Waals surface area contributed by atoms with Crippen molar-refractivity contribution in [3.8, 4) is 11.8 Å². The molecule has 0 amide bonds. The average molecular weight is 356 g/mol. The summed E-state index contributed by atoms with van der Waals surface area (Å²) in [7, 11) is 1.36. The van der Waals surface area contributed by atoms with Gasteiger partial charge in [0.05, 0.1) is 12.7 Å². The largest absolute Gasteiger partial charge is 0.465 e. The predicted octanol–water partition coefficient (Wildman–Crippen LogP) is 5.05. The summed E-state index contributed by atoms with van der Waals surface area (Å²) in [6, 6.07) is 21.6. The van der Waals surface area contributed by atoms with Crippen LogP contribution in [0.15, 0.2) is 77.2 Å². The van der Waals surface area contributed by atoms with E-state index in [9.17, 15) is 4.79 Å². The molecule has 27 heavy (non-hydrogen) atoms. The third-order valence-electron chi connectivity index (χ3n) is 4.09. The van der Waals surface area contributed by atoms with E-state index >= 15 is 0 Å². The zero-order valence-corrected chi connectivity index (χ0v) is 15.4. The fourth-order valence-electron chi connectivity index (χ4n) is 2.64. The summed E-state index contributed by atoms with van der Waals surface area (Å²) in [6.45, 7) is 1.75. The standard InChI is InChI=1S/C24H20O3/c1-18-22(24(25)26-2)17-23(27-18)21(15-13-19-9-5-3-6-10-19)16-14-20-11-7-4-8-12-20/h3-12,15,17H,13H2,1-2H3/b21-15+. The number of carbonyl (C=O) groups is 1. The molecule has 0 spiro atoms. The van der Waals surface area contributed by atoms with Crippen molar-refractivity contribution in [1.29, 1.82) is 0 Å². The lowest BCUT2D eigenvalue weighted by Gasteiger charge is -1.98. The summed E-state index contributed by atoms with van der Waals surface area (Å²) in [4.78, 5) is 11.9. The fraction of sp³-hybridized carbons (Fsp3) is 0.125. The van der Waals surface area contributed by atoms with Crippen molar-refractivity contribution in [3.63, 3.8) is 0 Å². The number of methoxy groups -OCH3 is 1. The molecule has 0 aliphatic rings. The molecule has 2 aromatic carbocycles. The van der Waals surface area contributed by atoms with E-state index in [0.29, 0.717) is 23.5 Å². The van der Waals surface area contributed by atoms with Crippen molar-refractivity contribution in [2.24, 2.45) is 0 Å². The second-order valence-corrected chi connectivity index (χ2v) is 6.00. The van der Waals surface area contributed by atoms with Gasteiger partial charge in [0.15, 0.2) is 0 Å². The van der Waals surface area contributed by atoms with Gasteiger partial charge in [-0.3, -0.25) is 0 Å². The number of hydrogen-bond donors (Lipinski definition) is 0. The Morgan fingerprint density at radius 3 is 2.41 bits per heavy atom. The van der Waals surface area contributed by atoms with Gasteiger partial charge < -0.3 is 9.15 Å². The van der Waals surface area contributed by atoms with Crippen molar-refractivity contribution >= 4 is 11.5 Å². The van der Waals surface area contributed by atoms with Crippen molar-refractivity contribution in [2.45, 2.75) is 13.3 Å². The molecule has 3 nitrogen and oxygen atoms in total. The number of allylic oxidation sites excluding steroid dienone is 2. The van der Waals surface area contributed by atoms with Crippen LogP contribution in [0.3, 0.4) is 0 Å². The number of ether oxygens (including phenoxy) is 1. The normalized spacial score (nSPS) is 10.8. The second-order valence-electron chi connectivity index (χ2n) is 6.00. The third kappa shape index (κ3) is 4.77. The summed E-state index contributed by atoms with van der Waals surface area (Å²) in [5.74, 6) is 7.01. The van der Waals surface area contributed by atoms with Crippen LogP contribution in [-0.2, 0) is 11.2 Å². The molecule has 1 heterocycles. The smallest absolute Gasteiger partial charge is 0.341 e. The molecule has 1 aromatic heterocycles. The monoisotopic (exact) mass is 356 g/mol. The summed E-state index contributed by atoms with van der Waals surface area (Å²) in [6.07, 6.45) is 2.73. The van der Waals surface area contributed by atoms with Gasteiger partial charge in [-0.1, -0.05) is 66.4 Å². The predicted molar refractivity (Wildman–Crippen MR) is 106 cm³/mol. The minimum atomic E-state index is -0.416. The summed E-state index contributed by atoms with van der Waals surface area (Å²) in [5, 5.41) is 0. The van der Waals surface area contributed by atoms with Gasteiger partial charge in [0.1, 0.15) is 17.1 Å². The Kier molecular flexibility index (Phi) is 5.91. The van der Waals surface area contributed by atoms with E-state index in [1.54, 1.807) is 13.0 Å². The molecule has 0 aliphatic carbocycles. The van der Waals surface area contributed by atoms with E-state index in [0.717, 1.165) is 11.1 Å². The van der Waals surface area contributed by atoms with E-state index in [1.165, 1.54) is 12.7 Å². The molecule has 0 bridgehead atoms. The number of esters is 1. The molecule has 0 aliphatic heterocycles. The first-order valence-electron chi connectivity index (χ1n) is 8.67. The van der Waals surface area contributed by atoms with Crippen LogP contribution >= 0.6 is 0 Å². The molecule has 3 heteroatoms. The Morgan fingerprint density at radius 1 is 1.07 bits per heavy atom. The highest BCUT2D eigenvalue weighted by molar-refractivity contribution is 5.92. The molecule has 3 rings (SSSR count). The Morgan fingerprint density at radius 2 is 1.74 bits per heavy atom.